The van der Waals surface area contributed by atoms with Crippen LogP contribution in [0, 0.1) is 0 Å². The van der Waals surface area contributed by atoms with Crippen molar-refractivity contribution >= 4 is 52.0 Å². The van der Waals surface area contributed by atoms with Gasteiger partial charge in [0.2, 0.25) is 17.4 Å². The summed E-state index contributed by atoms with van der Waals surface area (Å²) in [6, 6.07) is 20.7. The number of aromatic amines is 1. The van der Waals surface area contributed by atoms with E-state index in [2.05, 4.69) is 20.6 Å². The number of carboxylic acid groups (broad SMARTS) is 1. The Morgan fingerprint density at radius 2 is 1.57 bits per heavy atom. The van der Waals surface area contributed by atoms with Gasteiger partial charge in [-0.05, 0) is 49.1 Å². The number of carbonyl (C=O) groups is 5. The number of anilines is 1. The maximum Gasteiger partial charge on any atom is 0.342 e. The number of carboxylic acids is 1. The molecule has 0 fully saturated rings. The lowest BCUT2D eigenvalue weighted by atomic mass is 9.82. The predicted octanol–water partition coefficient (Wildman–Crippen LogP) is 1.29. The summed E-state index contributed by atoms with van der Waals surface area (Å²) in [6.45, 7) is 0.854. The van der Waals surface area contributed by atoms with Gasteiger partial charge in [0, 0.05) is 35.8 Å². The summed E-state index contributed by atoms with van der Waals surface area (Å²) in [5.41, 5.74) is 15.7. The summed E-state index contributed by atoms with van der Waals surface area (Å²) < 4.78 is 0. The number of aliphatic carboxylic acids is 1. The van der Waals surface area contributed by atoms with Gasteiger partial charge in [-0.2, -0.15) is 0 Å². The number of para-hydroxylation sites is 2. The second-order valence-corrected chi connectivity index (χ2v) is 11.4. The van der Waals surface area contributed by atoms with Crippen LogP contribution in [0.1, 0.15) is 30.9 Å². The van der Waals surface area contributed by atoms with Crippen LogP contribution in [0.4, 0.5) is 5.69 Å². The molecule has 14 heteroatoms. The molecule has 256 valence electrons. The molecule has 1 heterocycles. The first-order valence-corrected chi connectivity index (χ1v) is 15.6. The third-order valence-electron chi connectivity index (χ3n) is 8.04. The Balaban J connectivity index is 1.71. The van der Waals surface area contributed by atoms with E-state index in [4.69, 9.17) is 17.2 Å². The van der Waals surface area contributed by atoms with Crippen LogP contribution in [0.3, 0.4) is 0 Å². The predicted molar refractivity (Wildman–Crippen MR) is 185 cm³/mol. The summed E-state index contributed by atoms with van der Waals surface area (Å²) in [5, 5.41) is 16.7. The van der Waals surface area contributed by atoms with Crippen molar-refractivity contribution in [1.82, 2.24) is 15.6 Å². The first-order chi connectivity index (χ1) is 23.5. The molecule has 10 N–H and O–H groups in total. The highest BCUT2D eigenvalue weighted by Gasteiger charge is 2.54. The molecule has 3 amide bonds. The van der Waals surface area contributed by atoms with Gasteiger partial charge in [0.15, 0.2) is 11.7 Å². The molecule has 3 atom stereocenters. The fraction of sp³-hybridized carbons (Fsp3) is 0.257. The van der Waals surface area contributed by atoms with E-state index < -0.39 is 53.6 Å². The number of rotatable bonds is 16. The maximum absolute atomic E-state index is 14.9. The summed E-state index contributed by atoms with van der Waals surface area (Å²) in [6.07, 6.45) is 2.29. The van der Waals surface area contributed by atoms with Crippen molar-refractivity contribution in [3.05, 3.63) is 102 Å². The van der Waals surface area contributed by atoms with Crippen LogP contribution >= 0.6 is 0 Å². The molecule has 1 aromatic heterocycles. The monoisotopic (exact) mass is 668 g/mol. The van der Waals surface area contributed by atoms with Crippen molar-refractivity contribution in [2.45, 2.75) is 43.8 Å². The van der Waals surface area contributed by atoms with Gasteiger partial charge >= 0.3 is 5.97 Å². The molecule has 0 saturated heterocycles. The summed E-state index contributed by atoms with van der Waals surface area (Å²) in [4.78, 5) is 75.7. The lowest BCUT2D eigenvalue weighted by Gasteiger charge is -2.41. The molecule has 0 aliphatic rings. The zero-order valence-corrected chi connectivity index (χ0v) is 27.0. The van der Waals surface area contributed by atoms with E-state index in [0.717, 1.165) is 22.7 Å². The molecule has 4 aromatic rings. The number of benzene rings is 3. The van der Waals surface area contributed by atoms with Crippen molar-refractivity contribution < 1.29 is 29.1 Å². The molecule has 0 radical (unpaired) electrons. The topological polar surface area (TPSA) is 239 Å². The number of fused-ring (bicyclic) bond motifs is 1. The Morgan fingerprint density at radius 3 is 2.20 bits per heavy atom. The molecule has 0 bridgehead atoms. The van der Waals surface area contributed by atoms with Crippen LogP contribution in [-0.2, 0) is 35.9 Å². The molecule has 3 aromatic carbocycles. The number of carbonyl (C=O) groups excluding carboxylic acids is 4. The van der Waals surface area contributed by atoms with Crippen LogP contribution in [0.5, 0.6) is 0 Å². The number of hydrogen-bond acceptors (Lipinski definition) is 7. The third kappa shape index (κ3) is 8.29. The molecule has 14 nitrogen and oxygen atoms in total. The number of guanidine groups is 1. The van der Waals surface area contributed by atoms with E-state index in [-0.39, 0.29) is 36.6 Å². The lowest BCUT2D eigenvalue weighted by Crippen LogP contribution is -2.64. The third-order valence-corrected chi connectivity index (χ3v) is 8.04. The minimum Gasteiger partial charge on any atom is -0.479 e. The zero-order valence-electron chi connectivity index (χ0n) is 27.0. The number of aliphatic imine (C=N–C) groups is 1. The Labute approximate surface area is 282 Å². The molecule has 0 aliphatic heterocycles. The smallest absolute Gasteiger partial charge is 0.342 e. The van der Waals surface area contributed by atoms with E-state index in [1.807, 2.05) is 24.3 Å². The molecule has 0 spiro atoms. The average molecular weight is 669 g/mol. The van der Waals surface area contributed by atoms with Crippen molar-refractivity contribution in [2.75, 3.05) is 18.0 Å². The number of aromatic nitrogens is 1. The van der Waals surface area contributed by atoms with Gasteiger partial charge < -0.3 is 37.9 Å². The van der Waals surface area contributed by atoms with Gasteiger partial charge in [-0.15, -0.1) is 0 Å². The van der Waals surface area contributed by atoms with E-state index in [1.165, 1.54) is 24.3 Å². The first-order valence-electron chi connectivity index (χ1n) is 15.6. The average Bonchev–Trinajstić information content (AvgIpc) is 3.50. The number of ketones is 1. The Morgan fingerprint density at radius 1 is 0.939 bits per heavy atom. The molecule has 0 unspecified atom stereocenters. The number of amides is 3. The first kappa shape index (κ1) is 35.8. The number of H-pyrrole nitrogens is 1. The second kappa shape index (κ2) is 16.2. The largest absolute Gasteiger partial charge is 0.479 e. The van der Waals surface area contributed by atoms with Gasteiger partial charge in [-0.25, -0.2) is 4.79 Å². The van der Waals surface area contributed by atoms with Crippen LogP contribution in [0.2, 0.25) is 0 Å². The van der Waals surface area contributed by atoms with Gasteiger partial charge in [-0.1, -0.05) is 66.7 Å². The van der Waals surface area contributed by atoms with E-state index in [0.29, 0.717) is 12.0 Å². The van der Waals surface area contributed by atoms with Gasteiger partial charge in [-0.3, -0.25) is 29.1 Å². The Bertz CT molecular complexity index is 1810. The SMILES string of the molecule is CC(=O)[C@@](C(=O)O)(c1ccccc1)N(C(=O)[C@H](Cc1c[nH]c2ccccc12)NC(=O)CNC(=O)[C@@H](N)CCCN=C(N)N)c1ccccc1. The fourth-order valence-electron chi connectivity index (χ4n) is 5.67. The lowest BCUT2D eigenvalue weighted by molar-refractivity contribution is -0.150. The highest BCUT2D eigenvalue weighted by molar-refractivity contribution is 6.18. The van der Waals surface area contributed by atoms with Crippen LogP contribution < -0.4 is 32.7 Å². The standard InChI is InChI=1S/C35H40N8O6/c1-22(44)35(33(48)49,24-11-4-2-5-12-24)43(25-13-6-3-7-14-25)32(47)29(19-23-20-40-28-17-9-8-15-26(23)28)42-30(45)21-41-31(46)27(36)16-10-18-39-34(37)38/h2-9,11-15,17,20,27,29,40H,10,16,18-19,21,36H2,1H3,(H,41,46)(H,42,45)(H,48,49)(H4,37,38,39)/t27-,29-,35-/m0/s1. The van der Waals surface area contributed by atoms with Crippen LogP contribution in [-0.4, -0.2) is 70.7 Å². The normalized spacial score (nSPS) is 13.3. The number of nitrogens with one attached hydrogen (secondary N) is 3. The molecule has 49 heavy (non-hydrogen) atoms. The minimum absolute atomic E-state index is 0.0467. The summed E-state index contributed by atoms with van der Waals surface area (Å²) in [5.74, 6) is -4.70. The Hall–Kier alpha value is -6.02. The Kier molecular flexibility index (Phi) is 11.8. The van der Waals surface area contributed by atoms with Crippen LogP contribution in [0.15, 0.2) is 96.1 Å². The van der Waals surface area contributed by atoms with Crippen molar-refractivity contribution in [3.8, 4) is 0 Å². The van der Waals surface area contributed by atoms with E-state index in [9.17, 15) is 29.1 Å². The zero-order chi connectivity index (χ0) is 35.6. The number of hydrogen-bond donors (Lipinski definition) is 7. The second-order valence-electron chi connectivity index (χ2n) is 11.4. The molecular formula is C35H40N8O6. The van der Waals surface area contributed by atoms with Gasteiger partial charge in [0.05, 0.1) is 12.6 Å². The number of nitrogens with two attached hydrogens (primary N) is 3. The van der Waals surface area contributed by atoms with E-state index in [1.54, 1.807) is 42.6 Å². The molecule has 4 rings (SSSR count). The molecule has 0 saturated carbocycles. The van der Waals surface area contributed by atoms with E-state index >= 15 is 0 Å². The van der Waals surface area contributed by atoms with Crippen LogP contribution in [0.25, 0.3) is 10.9 Å². The number of nitrogens with zero attached hydrogens (tertiary/aromatic N) is 2. The minimum atomic E-state index is -2.50. The highest BCUT2D eigenvalue weighted by atomic mass is 16.4. The van der Waals surface area contributed by atoms with Gasteiger partial charge in [0.25, 0.3) is 5.91 Å². The van der Waals surface area contributed by atoms with Crippen molar-refractivity contribution in [2.24, 2.45) is 22.2 Å². The number of Topliss-reactive ketones (excluding diaryl/α,β-unsaturated/α-hetero) is 1. The highest BCUT2D eigenvalue weighted by Crippen LogP contribution is 2.36. The maximum atomic E-state index is 14.9. The quantitative estimate of drug-likeness (QED) is 0.0393. The fourth-order valence-corrected chi connectivity index (χ4v) is 5.67. The van der Waals surface area contributed by atoms with Crippen molar-refractivity contribution in [3.63, 3.8) is 0 Å². The summed E-state index contributed by atoms with van der Waals surface area (Å²) in [7, 11) is 0. The molecular weight excluding hydrogens is 628 g/mol. The summed E-state index contributed by atoms with van der Waals surface area (Å²) >= 11 is 0. The van der Waals surface area contributed by atoms with Gasteiger partial charge in [0.1, 0.15) is 6.04 Å². The molecule has 0 aliphatic carbocycles. The van der Waals surface area contributed by atoms with Crippen molar-refractivity contribution in [1.29, 1.82) is 0 Å².